The fourth-order valence-electron chi connectivity index (χ4n) is 5.56. The topological polar surface area (TPSA) is 49.9 Å². The van der Waals surface area contributed by atoms with Crippen LogP contribution in [0, 0.1) is 5.92 Å². The second kappa shape index (κ2) is 7.86. The predicted molar refractivity (Wildman–Crippen MR) is 108 cm³/mol. The van der Waals surface area contributed by atoms with Crippen molar-refractivity contribution in [2.24, 2.45) is 5.92 Å². The Morgan fingerprint density at radius 2 is 1.86 bits per heavy atom. The van der Waals surface area contributed by atoms with E-state index in [4.69, 9.17) is 4.74 Å². The molecule has 1 aromatic carbocycles. The summed E-state index contributed by atoms with van der Waals surface area (Å²) in [5, 5.41) is 0. The molecule has 1 saturated heterocycles. The molecule has 5 nitrogen and oxygen atoms in total. The number of likely N-dealkylation sites (tertiary alicyclic amines) is 1. The molecule has 1 spiro atoms. The number of rotatable bonds is 4. The maximum absolute atomic E-state index is 13.9. The number of methoxy groups -OCH3 is 1. The van der Waals surface area contributed by atoms with E-state index in [-0.39, 0.29) is 17.7 Å². The van der Waals surface area contributed by atoms with Crippen molar-refractivity contribution in [2.75, 3.05) is 33.4 Å². The first-order valence-corrected chi connectivity index (χ1v) is 10.8. The molecule has 0 aromatic heterocycles. The fourth-order valence-corrected chi connectivity index (χ4v) is 5.56. The van der Waals surface area contributed by atoms with Gasteiger partial charge in [0.05, 0.1) is 18.1 Å². The Morgan fingerprint density at radius 1 is 1.18 bits per heavy atom. The van der Waals surface area contributed by atoms with Crippen LogP contribution in [0.2, 0.25) is 0 Å². The Labute approximate surface area is 168 Å². The van der Waals surface area contributed by atoms with Crippen LogP contribution in [0.15, 0.2) is 24.3 Å². The minimum atomic E-state index is -0.399. The van der Waals surface area contributed by atoms with E-state index < -0.39 is 5.54 Å². The fraction of sp³-hybridized carbons (Fsp3) is 0.652. The third kappa shape index (κ3) is 3.14. The number of ether oxygens (including phenoxy) is 1. The lowest BCUT2D eigenvalue weighted by atomic mass is 9.70. The lowest BCUT2D eigenvalue weighted by molar-refractivity contribution is -0.138. The van der Waals surface area contributed by atoms with Crippen molar-refractivity contribution < 1.29 is 14.3 Å². The molecule has 5 heteroatoms. The van der Waals surface area contributed by atoms with E-state index in [2.05, 4.69) is 11.8 Å². The lowest BCUT2D eigenvalue weighted by Crippen LogP contribution is -2.61. The number of carbonyl (C=O) groups is 2. The van der Waals surface area contributed by atoms with Crippen LogP contribution in [0.25, 0.3) is 0 Å². The first kappa shape index (κ1) is 19.4. The molecule has 2 amide bonds. The van der Waals surface area contributed by atoms with Crippen molar-refractivity contribution in [1.29, 1.82) is 0 Å². The average molecular weight is 385 g/mol. The first-order chi connectivity index (χ1) is 13.6. The molecule has 0 bridgehead atoms. The van der Waals surface area contributed by atoms with Gasteiger partial charge in [0.25, 0.3) is 5.91 Å². The van der Waals surface area contributed by atoms with Gasteiger partial charge in [-0.2, -0.15) is 0 Å². The molecule has 4 rings (SSSR count). The third-order valence-corrected chi connectivity index (χ3v) is 7.15. The van der Waals surface area contributed by atoms with Crippen LogP contribution in [0.5, 0.6) is 0 Å². The SMILES string of the molecule is COCCN1C(=O)c2ccccc2[C@H](C(=O)N2CCC(C)CC2)C12CCCC2. The molecule has 1 atom stereocenters. The summed E-state index contributed by atoms with van der Waals surface area (Å²) in [5.74, 6) is 0.708. The molecule has 0 unspecified atom stereocenters. The number of benzene rings is 1. The number of carbonyl (C=O) groups excluding carboxylic acids is 2. The summed E-state index contributed by atoms with van der Waals surface area (Å²) < 4.78 is 5.32. The van der Waals surface area contributed by atoms with Crippen LogP contribution >= 0.6 is 0 Å². The Balaban J connectivity index is 1.77. The monoisotopic (exact) mass is 384 g/mol. The third-order valence-electron chi connectivity index (χ3n) is 7.15. The molecular formula is C23H32N2O3. The molecular weight excluding hydrogens is 352 g/mol. The molecule has 2 heterocycles. The van der Waals surface area contributed by atoms with E-state index in [0.717, 1.165) is 57.2 Å². The van der Waals surface area contributed by atoms with E-state index in [0.29, 0.717) is 24.6 Å². The summed E-state index contributed by atoms with van der Waals surface area (Å²) in [4.78, 5) is 31.3. The normalized spacial score (nSPS) is 24.6. The zero-order valence-corrected chi connectivity index (χ0v) is 17.2. The van der Waals surface area contributed by atoms with Gasteiger partial charge in [-0.25, -0.2) is 0 Å². The van der Waals surface area contributed by atoms with Gasteiger partial charge in [0, 0.05) is 32.3 Å². The number of piperidine rings is 1. The summed E-state index contributed by atoms with van der Waals surface area (Å²) >= 11 is 0. The highest BCUT2D eigenvalue weighted by molar-refractivity contribution is 6.02. The highest BCUT2D eigenvalue weighted by Gasteiger charge is 2.56. The van der Waals surface area contributed by atoms with Crippen LogP contribution < -0.4 is 0 Å². The smallest absolute Gasteiger partial charge is 0.254 e. The zero-order valence-electron chi connectivity index (χ0n) is 17.2. The molecule has 0 radical (unpaired) electrons. The van der Waals surface area contributed by atoms with Gasteiger partial charge in [-0.3, -0.25) is 9.59 Å². The van der Waals surface area contributed by atoms with Crippen molar-refractivity contribution >= 4 is 11.8 Å². The van der Waals surface area contributed by atoms with Gasteiger partial charge in [0.15, 0.2) is 0 Å². The van der Waals surface area contributed by atoms with Crippen molar-refractivity contribution in [1.82, 2.24) is 9.80 Å². The lowest BCUT2D eigenvalue weighted by Gasteiger charge is -2.51. The summed E-state index contributed by atoms with van der Waals surface area (Å²) in [5.41, 5.74) is 1.23. The van der Waals surface area contributed by atoms with Gasteiger partial charge in [-0.15, -0.1) is 0 Å². The Morgan fingerprint density at radius 3 is 2.54 bits per heavy atom. The minimum absolute atomic E-state index is 0.0610. The molecule has 1 saturated carbocycles. The van der Waals surface area contributed by atoms with Crippen LogP contribution in [-0.2, 0) is 9.53 Å². The summed E-state index contributed by atoms with van der Waals surface area (Å²) in [6.07, 6.45) is 6.08. The summed E-state index contributed by atoms with van der Waals surface area (Å²) in [7, 11) is 1.67. The number of hydrogen-bond acceptors (Lipinski definition) is 3. The Bertz CT molecular complexity index is 733. The second-order valence-electron chi connectivity index (χ2n) is 8.79. The number of amides is 2. The summed E-state index contributed by atoms with van der Waals surface area (Å²) in [6.45, 7) is 4.98. The second-order valence-corrected chi connectivity index (χ2v) is 8.79. The number of hydrogen-bond donors (Lipinski definition) is 0. The van der Waals surface area contributed by atoms with E-state index in [9.17, 15) is 9.59 Å². The van der Waals surface area contributed by atoms with Gasteiger partial charge in [0.2, 0.25) is 5.91 Å². The largest absolute Gasteiger partial charge is 0.383 e. The van der Waals surface area contributed by atoms with E-state index in [1.807, 2.05) is 29.2 Å². The summed E-state index contributed by atoms with van der Waals surface area (Å²) in [6, 6.07) is 7.77. The molecule has 28 heavy (non-hydrogen) atoms. The quantitative estimate of drug-likeness (QED) is 0.799. The minimum Gasteiger partial charge on any atom is -0.383 e. The number of nitrogens with zero attached hydrogens (tertiary/aromatic N) is 2. The maximum Gasteiger partial charge on any atom is 0.254 e. The van der Waals surface area contributed by atoms with Gasteiger partial charge in [-0.05, 0) is 43.2 Å². The van der Waals surface area contributed by atoms with Crippen LogP contribution in [0.4, 0.5) is 0 Å². The van der Waals surface area contributed by atoms with Crippen molar-refractivity contribution in [3.05, 3.63) is 35.4 Å². The Hall–Kier alpha value is -1.88. The van der Waals surface area contributed by atoms with Crippen LogP contribution in [0.1, 0.15) is 67.3 Å². The molecule has 0 N–H and O–H groups in total. The van der Waals surface area contributed by atoms with Crippen molar-refractivity contribution in [3.63, 3.8) is 0 Å². The van der Waals surface area contributed by atoms with E-state index >= 15 is 0 Å². The van der Waals surface area contributed by atoms with Crippen molar-refractivity contribution in [3.8, 4) is 0 Å². The maximum atomic E-state index is 13.9. The van der Waals surface area contributed by atoms with Gasteiger partial charge < -0.3 is 14.5 Å². The molecule has 2 fully saturated rings. The van der Waals surface area contributed by atoms with E-state index in [1.165, 1.54) is 0 Å². The molecule has 3 aliphatic rings. The average Bonchev–Trinajstić information content (AvgIpc) is 3.18. The van der Waals surface area contributed by atoms with Crippen molar-refractivity contribution in [2.45, 2.75) is 56.9 Å². The van der Waals surface area contributed by atoms with Gasteiger partial charge in [0.1, 0.15) is 0 Å². The molecule has 1 aliphatic carbocycles. The first-order valence-electron chi connectivity index (χ1n) is 10.8. The highest BCUT2D eigenvalue weighted by Crippen LogP contribution is 2.51. The van der Waals surface area contributed by atoms with E-state index in [1.54, 1.807) is 7.11 Å². The van der Waals surface area contributed by atoms with Gasteiger partial charge in [-0.1, -0.05) is 38.0 Å². The molecule has 2 aliphatic heterocycles. The zero-order chi connectivity index (χ0) is 19.7. The highest BCUT2D eigenvalue weighted by atomic mass is 16.5. The predicted octanol–water partition coefficient (Wildman–Crippen LogP) is 3.44. The molecule has 1 aromatic rings. The standard InChI is InChI=1S/C23H32N2O3/c1-17-9-13-24(14-10-17)22(27)20-18-7-3-4-8-19(18)21(26)25(15-16-28-2)23(20)11-5-6-12-23/h3-4,7-8,17,20H,5-6,9-16H2,1-2H3/t20-/m1/s1. The number of fused-ring (bicyclic) bond motifs is 1. The van der Waals surface area contributed by atoms with Gasteiger partial charge >= 0.3 is 0 Å². The van der Waals surface area contributed by atoms with Crippen LogP contribution in [0.3, 0.4) is 0 Å². The molecule has 152 valence electrons. The Kier molecular flexibility index (Phi) is 5.46. The van der Waals surface area contributed by atoms with Crippen LogP contribution in [-0.4, -0.2) is 60.5 Å².